The topological polar surface area (TPSA) is 163 Å². The number of fused-ring (bicyclic) bond motifs is 12. The molecule has 6 heterocycles. The van der Waals surface area contributed by atoms with Crippen molar-refractivity contribution in [1.82, 2.24) is 0 Å². The highest BCUT2D eigenvalue weighted by atomic mass is 32.2. The number of hydrogen-bond acceptors (Lipinski definition) is 12. The molecule has 0 saturated heterocycles. The molecule has 4 aromatic heterocycles. The molecular weight excluding hydrogens is 1220 g/mol. The molecule has 4 aliphatic rings. The number of thiophene rings is 4. The van der Waals surface area contributed by atoms with Gasteiger partial charge >= 0.3 is 0 Å². The lowest BCUT2D eigenvalue weighted by molar-refractivity contribution is 0.559. The highest BCUT2D eigenvalue weighted by Gasteiger charge is 2.59. The molecule has 15 rings (SSSR count). The fraction of sp³-hybridized carbons (Fsp3) is 0.0833. The van der Waals surface area contributed by atoms with Crippen LogP contribution in [0.15, 0.2) is 188 Å². The van der Waals surface area contributed by atoms with E-state index in [2.05, 4.69) is 0 Å². The van der Waals surface area contributed by atoms with Crippen LogP contribution >= 0.6 is 45.3 Å². The number of nitrogens with zero attached hydrogens (tertiary/aromatic N) is 4. The van der Waals surface area contributed by atoms with Gasteiger partial charge in [0.1, 0.15) is 47.1 Å². The minimum Gasteiger partial charge on any atom is -0.218 e. The molecule has 422 valence electrons. The zero-order chi connectivity index (χ0) is 61.1. The van der Waals surface area contributed by atoms with Gasteiger partial charge in [-0.3, -0.25) is 0 Å². The van der Waals surface area contributed by atoms with E-state index in [-0.39, 0.29) is 75.3 Å². The lowest BCUT2D eigenvalue weighted by atomic mass is 9.65. The van der Waals surface area contributed by atoms with Gasteiger partial charge in [-0.15, -0.1) is 45.3 Å². The first-order valence-corrected chi connectivity index (χ1v) is 33.9. The third-order valence-corrected chi connectivity index (χ3v) is 25.9. The van der Waals surface area contributed by atoms with Crippen molar-refractivity contribution in [3.8, 4) is 45.2 Å². The largest absolute Gasteiger partial charge is 0.218 e. The normalized spacial score (nSPS) is 16.6. The van der Waals surface area contributed by atoms with E-state index in [0.29, 0.717) is 71.7 Å². The molecule has 0 amide bonds. The maximum Gasteiger partial charge on any atom is 0.207 e. The van der Waals surface area contributed by atoms with Crippen molar-refractivity contribution in [3.63, 3.8) is 0 Å². The van der Waals surface area contributed by atoms with Crippen LogP contribution in [0.2, 0.25) is 0 Å². The predicted molar refractivity (Wildman–Crippen MR) is 346 cm³/mol. The summed E-state index contributed by atoms with van der Waals surface area (Å²) >= 11 is 5.14. The molecule has 0 unspecified atom stereocenters. The molecule has 7 aromatic carbocycles. The van der Waals surface area contributed by atoms with Crippen LogP contribution < -0.4 is 0 Å². The molecule has 0 fully saturated rings. The van der Waals surface area contributed by atoms with Gasteiger partial charge in [0.05, 0.1) is 39.8 Å². The molecule has 2 aliphatic carbocycles. The van der Waals surface area contributed by atoms with Crippen LogP contribution in [0, 0.1) is 84.7 Å². The van der Waals surface area contributed by atoms with E-state index in [4.69, 9.17) is 0 Å². The first kappa shape index (κ1) is 55.1. The third-order valence-electron chi connectivity index (χ3n) is 17.5. The minimum absolute atomic E-state index is 0.0119. The molecule has 2 aliphatic heterocycles. The van der Waals surface area contributed by atoms with E-state index < -0.39 is 42.1 Å². The average Bonchev–Trinajstić information content (AvgIpc) is 1.48. The summed E-state index contributed by atoms with van der Waals surface area (Å²) in [6, 6.07) is 55.4. The Morgan fingerprint density at radius 1 is 0.432 bits per heavy atom. The second-order valence-electron chi connectivity index (χ2n) is 22.4. The van der Waals surface area contributed by atoms with Crippen molar-refractivity contribution in [2.24, 2.45) is 0 Å². The maximum absolute atomic E-state index is 20.4. The van der Waals surface area contributed by atoms with Gasteiger partial charge in [0.2, 0.25) is 19.7 Å². The highest BCUT2D eigenvalue weighted by Crippen LogP contribution is 2.70. The van der Waals surface area contributed by atoms with Crippen molar-refractivity contribution in [1.29, 1.82) is 21.0 Å². The van der Waals surface area contributed by atoms with Crippen LogP contribution in [0.4, 0.5) is 8.78 Å². The van der Waals surface area contributed by atoms with Crippen molar-refractivity contribution >= 4 is 107 Å². The zero-order valence-corrected chi connectivity index (χ0v) is 51.7. The Kier molecular flexibility index (Phi) is 12.2. The smallest absolute Gasteiger partial charge is 0.207 e. The second kappa shape index (κ2) is 19.5. The van der Waals surface area contributed by atoms with Gasteiger partial charge in [-0.2, -0.15) is 21.0 Å². The fourth-order valence-corrected chi connectivity index (χ4v) is 22.8. The number of rotatable bonds is 6. The lowest BCUT2D eigenvalue weighted by Crippen LogP contribution is -2.32. The van der Waals surface area contributed by atoms with Crippen LogP contribution in [0.1, 0.15) is 87.6 Å². The van der Waals surface area contributed by atoms with E-state index >= 15 is 8.78 Å². The molecule has 8 nitrogen and oxygen atoms in total. The molecule has 11 aromatic rings. The maximum atomic E-state index is 20.4. The van der Waals surface area contributed by atoms with E-state index in [0.717, 1.165) is 22.3 Å². The number of benzene rings is 7. The number of aryl methyl sites for hydroxylation is 4. The van der Waals surface area contributed by atoms with Gasteiger partial charge in [-0.05, 0) is 86.4 Å². The van der Waals surface area contributed by atoms with Crippen LogP contribution in [0.3, 0.4) is 0 Å². The molecular formula is C72H40F2N4O4S6. The Morgan fingerprint density at radius 3 is 1.05 bits per heavy atom. The van der Waals surface area contributed by atoms with Gasteiger partial charge in [0.25, 0.3) is 0 Å². The van der Waals surface area contributed by atoms with Crippen LogP contribution in [0.5, 0.6) is 0 Å². The second-order valence-corrected chi connectivity index (χ2v) is 30.4. The van der Waals surface area contributed by atoms with Gasteiger partial charge < -0.3 is 0 Å². The number of hydrogen-bond donors (Lipinski definition) is 0. The standard InChI is InChI=1S/C72H40F2N4O4S6/c1-37-13-21-43(22-14-37)71(44-23-15-38(2)16-24-44)61-59(69-63(71)67-51(85-69)29-47(83-67)31-55-57(41(33-75)34-76)49-9-5-7-11-53(49)87(55,79)80)66(74)62-60(65(61)73)70-64(72(62,45-25-17-39(3)18-26-45)46-27-19-40(4)20-28-46)68-52(86-70)30-48(84-68)32-56-58(42(35-77)36-78)50-10-6-8-12-54(50)88(56,81)82/h5-32H,1-4H3/b55-31-,56-32-. The molecule has 0 radical (unpaired) electrons. The molecule has 0 N–H and O–H groups in total. The van der Waals surface area contributed by atoms with Crippen LogP contribution in [-0.2, 0) is 30.5 Å². The van der Waals surface area contributed by atoms with E-state index in [1.54, 1.807) is 36.4 Å². The Morgan fingerprint density at radius 2 is 0.739 bits per heavy atom. The lowest BCUT2D eigenvalue weighted by Gasteiger charge is -2.36. The molecule has 88 heavy (non-hydrogen) atoms. The third kappa shape index (κ3) is 7.30. The number of nitriles is 4. The summed E-state index contributed by atoms with van der Waals surface area (Å²) in [4.78, 5) is 1.53. The van der Waals surface area contributed by atoms with Gasteiger partial charge in [0, 0.05) is 84.6 Å². The first-order chi connectivity index (χ1) is 42.4. The van der Waals surface area contributed by atoms with Crippen molar-refractivity contribution in [3.05, 3.63) is 278 Å². The summed E-state index contributed by atoms with van der Waals surface area (Å²) in [7, 11) is -8.46. The minimum atomic E-state index is -4.23. The van der Waals surface area contributed by atoms with E-state index in [1.165, 1.54) is 69.6 Å². The van der Waals surface area contributed by atoms with Crippen molar-refractivity contribution < 1.29 is 25.6 Å². The summed E-state index contributed by atoms with van der Waals surface area (Å²) in [5.74, 6) is -1.26. The predicted octanol–water partition coefficient (Wildman–Crippen LogP) is 17.7. The summed E-state index contributed by atoms with van der Waals surface area (Å²) in [5.41, 5.74) is 4.85. The van der Waals surface area contributed by atoms with E-state index in [1.807, 2.05) is 161 Å². The van der Waals surface area contributed by atoms with E-state index in [9.17, 15) is 37.9 Å². The summed E-state index contributed by atoms with van der Waals surface area (Å²) in [6.07, 6.45) is 3.00. The molecule has 16 heteroatoms. The number of sulfone groups is 2. The van der Waals surface area contributed by atoms with Gasteiger partial charge in [-0.25, -0.2) is 25.6 Å². The molecule has 0 spiro atoms. The summed E-state index contributed by atoms with van der Waals surface area (Å²) < 4.78 is 101. The molecule has 0 atom stereocenters. The fourth-order valence-electron chi connectivity index (χ4n) is 13.7. The Bertz CT molecular complexity index is 5100. The van der Waals surface area contributed by atoms with Crippen LogP contribution in [0.25, 0.3) is 63.0 Å². The Hall–Kier alpha value is -9.46. The van der Waals surface area contributed by atoms with Gasteiger partial charge in [-0.1, -0.05) is 156 Å². The zero-order valence-electron chi connectivity index (χ0n) is 46.8. The quantitative estimate of drug-likeness (QED) is 0.149. The SMILES string of the molecule is Cc1ccc(C2(c3ccc(C)cc3)c3c(F)c4c(c(F)c3-c3sc5cc(/C=C6/C(=C(C#N)C#N)c7ccccc7S6(=O)=O)sc5c32)C(c2ccc(C)cc2)(c2ccc(C)cc2)c2c-4sc3cc(/C=C4/C(=C(C#N)C#N)c5ccccc5S4(=O)=O)sc23)cc1. The highest BCUT2D eigenvalue weighted by molar-refractivity contribution is 7.97. The Labute approximate surface area is 521 Å². The van der Waals surface area contributed by atoms with Crippen LogP contribution in [-0.4, -0.2) is 16.8 Å². The number of halogens is 2. The first-order valence-electron chi connectivity index (χ1n) is 27.6. The monoisotopic (exact) mass is 1250 g/mol. The van der Waals surface area contributed by atoms with Crippen molar-refractivity contribution in [2.75, 3.05) is 0 Å². The summed E-state index contributed by atoms with van der Waals surface area (Å²) in [6.45, 7) is 7.86. The molecule has 0 saturated carbocycles. The molecule has 0 bridgehead atoms. The average molecular weight is 1260 g/mol. The number of allylic oxidation sites excluding steroid dienone is 4. The summed E-state index contributed by atoms with van der Waals surface area (Å²) in [5, 5.41) is 40.8. The van der Waals surface area contributed by atoms with Gasteiger partial charge in [0.15, 0.2) is 0 Å². The Balaban J connectivity index is 1.06. The van der Waals surface area contributed by atoms with Crippen molar-refractivity contribution in [2.45, 2.75) is 48.3 Å².